The van der Waals surface area contributed by atoms with E-state index in [2.05, 4.69) is 17.2 Å². The van der Waals surface area contributed by atoms with Crippen molar-refractivity contribution in [1.29, 1.82) is 0 Å². The number of rotatable bonds is 6. The second-order valence-electron chi connectivity index (χ2n) is 4.79. The molecule has 0 aliphatic heterocycles. The van der Waals surface area contributed by atoms with Crippen LogP contribution in [0.2, 0.25) is 0 Å². The Morgan fingerprint density at radius 3 is 2.78 bits per heavy atom. The Balaban J connectivity index is 2.54. The summed E-state index contributed by atoms with van der Waals surface area (Å²) in [7, 11) is 0. The highest BCUT2D eigenvalue weighted by molar-refractivity contribution is 5.95. The van der Waals surface area contributed by atoms with Gasteiger partial charge in [-0.15, -0.1) is 0 Å². The second-order valence-corrected chi connectivity index (χ2v) is 4.79. The molecule has 0 fully saturated rings. The van der Waals surface area contributed by atoms with Crippen molar-refractivity contribution in [2.45, 2.75) is 52.5 Å². The number of anilines is 1. The molecule has 1 aromatic rings. The van der Waals surface area contributed by atoms with Gasteiger partial charge in [-0.2, -0.15) is 0 Å². The summed E-state index contributed by atoms with van der Waals surface area (Å²) in [5.41, 5.74) is 6.98. The third kappa shape index (κ3) is 4.73. The summed E-state index contributed by atoms with van der Waals surface area (Å²) < 4.78 is 0. The molecule has 0 bridgehead atoms. The Kier molecular flexibility index (Phi) is 5.62. The van der Waals surface area contributed by atoms with Crippen LogP contribution in [0.5, 0.6) is 0 Å². The molecule has 1 unspecified atom stereocenters. The summed E-state index contributed by atoms with van der Waals surface area (Å²) in [6, 6.07) is 3.56. The molecule has 0 aromatic carbocycles. The molecule has 1 heterocycles. The summed E-state index contributed by atoms with van der Waals surface area (Å²) in [4.78, 5) is 16.1. The first kappa shape index (κ1) is 14.5. The van der Waals surface area contributed by atoms with Gasteiger partial charge in [0.1, 0.15) is 5.82 Å². The summed E-state index contributed by atoms with van der Waals surface area (Å²) in [6.45, 7) is 6.04. The number of carbonyl (C=O) groups excluding carboxylic acids is 1. The SMILES string of the molecule is CCCCCC(C)NC(=O)c1cc(C)nc(N)c1. The molecule has 0 saturated carbocycles. The van der Waals surface area contributed by atoms with E-state index in [4.69, 9.17) is 5.73 Å². The van der Waals surface area contributed by atoms with E-state index < -0.39 is 0 Å². The molecule has 0 aliphatic rings. The smallest absolute Gasteiger partial charge is 0.251 e. The Hall–Kier alpha value is -1.58. The third-order valence-corrected chi connectivity index (χ3v) is 2.85. The number of hydrogen-bond donors (Lipinski definition) is 2. The maximum atomic E-state index is 12.0. The van der Waals surface area contributed by atoms with Crippen molar-refractivity contribution >= 4 is 11.7 Å². The molecule has 0 radical (unpaired) electrons. The van der Waals surface area contributed by atoms with Gasteiger partial charge in [0.2, 0.25) is 0 Å². The number of aromatic nitrogens is 1. The lowest BCUT2D eigenvalue weighted by molar-refractivity contribution is 0.0937. The monoisotopic (exact) mass is 249 g/mol. The number of pyridine rings is 1. The van der Waals surface area contributed by atoms with Gasteiger partial charge < -0.3 is 11.1 Å². The van der Waals surface area contributed by atoms with E-state index in [1.165, 1.54) is 12.8 Å². The number of amides is 1. The minimum Gasteiger partial charge on any atom is -0.384 e. The topological polar surface area (TPSA) is 68.0 Å². The fourth-order valence-electron chi connectivity index (χ4n) is 1.91. The molecule has 1 aromatic heterocycles. The highest BCUT2D eigenvalue weighted by Crippen LogP contribution is 2.08. The minimum absolute atomic E-state index is 0.0730. The summed E-state index contributed by atoms with van der Waals surface area (Å²) in [5, 5.41) is 2.99. The molecule has 3 N–H and O–H groups in total. The average Bonchev–Trinajstić information content (AvgIpc) is 2.28. The molecule has 100 valence electrons. The molecule has 18 heavy (non-hydrogen) atoms. The van der Waals surface area contributed by atoms with Gasteiger partial charge in [0, 0.05) is 17.3 Å². The van der Waals surface area contributed by atoms with Crippen LogP contribution in [0.1, 0.15) is 55.6 Å². The lowest BCUT2D eigenvalue weighted by Gasteiger charge is -2.14. The van der Waals surface area contributed by atoms with E-state index in [1.807, 2.05) is 13.8 Å². The lowest BCUT2D eigenvalue weighted by atomic mass is 10.1. The molecule has 0 saturated heterocycles. The van der Waals surface area contributed by atoms with E-state index in [0.29, 0.717) is 11.4 Å². The van der Waals surface area contributed by atoms with E-state index >= 15 is 0 Å². The van der Waals surface area contributed by atoms with E-state index in [-0.39, 0.29) is 11.9 Å². The van der Waals surface area contributed by atoms with Crippen LogP contribution in [0.15, 0.2) is 12.1 Å². The number of unbranched alkanes of at least 4 members (excludes halogenated alkanes) is 2. The van der Waals surface area contributed by atoms with E-state index in [1.54, 1.807) is 12.1 Å². The number of nitrogens with one attached hydrogen (secondary N) is 1. The Morgan fingerprint density at radius 2 is 2.17 bits per heavy atom. The van der Waals surface area contributed by atoms with Gasteiger partial charge in [-0.1, -0.05) is 26.2 Å². The van der Waals surface area contributed by atoms with Gasteiger partial charge in [-0.3, -0.25) is 4.79 Å². The fourth-order valence-corrected chi connectivity index (χ4v) is 1.91. The van der Waals surface area contributed by atoms with Crippen LogP contribution in [0.25, 0.3) is 0 Å². The first-order valence-electron chi connectivity index (χ1n) is 6.58. The molecule has 1 amide bonds. The van der Waals surface area contributed by atoms with Gasteiger partial charge >= 0.3 is 0 Å². The highest BCUT2D eigenvalue weighted by atomic mass is 16.1. The molecule has 0 aliphatic carbocycles. The highest BCUT2D eigenvalue weighted by Gasteiger charge is 2.10. The van der Waals surface area contributed by atoms with Crippen LogP contribution < -0.4 is 11.1 Å². The van der Waals surface area contributed by atoms with Crippen LogP contribution >= 0.6 is 0 Å². The third-order valence-electron chi connectivity index (χ3n) is 2.85. The van der Waals surface area contributed by atoms with E-state index in [0.717, 1.165) is 18.5 Å². The molecule has 1 rings (SSSR count). The van der Waals surface area contributed by atoms with Crippen molar-refractivity contribution in [3.05, 3.63) is 23.4 Å². The van der Waals surface area contributed by atoms with Gasteiger partial charge in [0.05, 0.1) is 0 Å². The average molecular weight is 249 g/mol. The van der Waals surface area contributed by atoms with Crippen LogP contribution in [-0.2, 0) is 0 Å². The molecule has 4 nitrogen and oxygen atoms in total. The zero-order valence-corrected chi connectivity index (χ0v) is 11.5. The maximum absolute atomic E-state index is 12.0. The number of carbonyl (C=O) groups is 1. The van der Waals surface area contributed by atoms with Crippen LogP contribution in [0.4, 0.5) is 5.82 Å². The predicted molar refractivity (Wildman–Crippen MR) is 74.5 cm³/mol. The first-order chi connectivity index (χ1) is 8.52. The summed E-state index contributed by atoms with van der Waals surface area (Å²) in [5.74, 6) is 0.315. The normalized spacial score (nSPS) is 12.2. The van der Waals surface area contributed by atoms with Gasteiger partial charge in [-0.25, -0.2) is 4.98 Å². The summed E-state index contributed by atoms with van der Waals surface area (Å²) in [6.07, 6.45) is 4.57. The fraction of sp³-hybridized carbons (Fsp3) is 0.571. The van der Waals surface area contributed by atoms with Crippen molar-refractivity contribution < 1.29 is 4.79 Å². The minimum atomic E-state index is -0.0730. The Bertz CT molecular complexity index is 384. The lowest BCUT2D eigenvalue weighted by Crippen LogP contribution is -2.32. The standard InChI is InChI=1S/C14H23N3O/c1-4-5-6-7-10(2)17-14(18)12-8-11(3)16-13(15)9-12/h8-10H,4-7H2,1-3H3,(H2,15,16)(H,17,18). The van der Waals surface area contributed by atoms with Crippen LogP contribution in [0, 0.1) is 6.92 Å². The van der Waals surface area contributed by atoms with Crippen molar-refractivity contribution in [3.63, 3.8) is 0 Å². The number of nitrogen functional groups attached to an aromatic ring is 1. The quantitative estimate of drug-likeness (QED) is 0.762. The number of aryl methyl sites for hydroxylation is 1. The molecule has 4 heteroatoms. The van der Waals surface area contributed by atoms with Crippen molar-refractivity contribution in [2.24, 2.45) is 0 Å². The first-order valence-corrected chi connectivity index (χ1v) is 6.58. The zero-order chi connectivity index (χ0) is 13.5. The number of nitrogens with two attached hydrogens (primary N) is 1. The maximum Gasteiger partial charge on any atom is 0.251 e. The van der Waals surface area contributed by atoms with Crippen molar-refractivity contribution in [1.82, 2.24) is 10.3 Å². The Morgan fingerprint density at radius 1 is 1.44 bits per heavy atom. The second kappa shape index (κ2) is 6.99. The molecule has 0 spiro atoms. The number of hydrogen-bond acceptors (Lipinski definition) is 3. The molecular weight excluding hydrogens is 226 g/mol. The summed E-state index contributed by atoms with van der Waals surface area (Å²) >= 11 is 0. The van der Waals surface area contributed by atoms with Gasteiger partial charge in [0.25, 0.3) is 5.91 Å². The largest absolute Gasteiger partial charge is 0.384 e. The molecule has 1 atom stereocenters. The number of nitrogens with zero attached hydrogens (tertiary/aromatic N) is 1. The van der Waals surface area contributed by atoms with Crippen molar-refractivity contribution in [3.8, 4) is 0 Å². The van der Waals surface area contributed by atoms with Crippen LogP contribution in [-0.4, -0.2) is 16.9 Å². The Labute approximate surface area is 109 Å². The van der Waals surface area contributed by atoms with E-state index in [9.17, 15) is 4.79 Å². The van der Waals surface area contributed by atoms with Crippen molar-refractivity contribution in [2.75, 3.05) is 5.73 Å². The predicted octanol–water partition coefficient (Wildman–Crippen LogP) is 2.67. The van der Waals surface area contributed by atoms with Gasteiger partial charge in [-0.05, 0) is 32.4 Å². The molecular formula is C14H23N3O. The van der Waals surface area contributed by atoms with Gasteiger partial charge in [0.15, 0.2) is 0 Å². The zero-order valence-electron chi connectivity index (χ0n) is 11.5. The van der Waals surface area contributed by atoms with Crippen LogP contribution in [0.3, 0.4) is 0 Å².